The molecule has 0 fully saturated rings. The van der Waals surface area contributed by atoms with Gasteiger partial charge in [0.1, 0.15) is 0 Å². The van der Waals surface area contributed by atoms with E-state index in [1.807, 2.05) is 12.3 Å². The average molecular weight is 256 g/mol. The predicted molar refractivity (Wildman–Crippen MR) is 65.4 cm³/mol. The predicted octanol–water partition coefficient (Wildman–Crippen LogP) is -0.687. The van der Waals surface area contributed by atoms with Gasteiger partial charge in [-0.2, -0.15) is 0 Å². The van der Waals surface area contributed by atoms with E-state index < -0.39 is 11.9 Å². The van der Waals surface area contributed by atoms with Gasteiger partial charge in [-0.05, 0) is 6.92 Å². The maximum atomic E-state index is 11.4. The maximum Gasteiger partial charge on any atom is 0.237 e. The quantitative estimate of drug-likeness (QED) is 0.625. The second-order valence-electron chi connectivity index (χ2n) is 3.70. The van der Waals surface area contributed by atoms with Crippen LogP contribution in [0.3, 0.4) is 0 Å². The average Bonchev–Trinajstić information content (AvgIpc) is 2.63. The van der Waals surface area contributed by atoms with Crippen molar-refractivity contribution in [2.75, 3.05) is 6.54 Å². The van der Waals surface area contributed by atoms with Crippen LogP contribution in [-0.4, -0.2) is 29.4 Å². The Labute approximate surface area is 103 Å². The Morgan fingerprint density at radius 2 is 2.29 bits per heavy atom. The van der Waals surface area contributed by atoms with Crippen LogP contribution in [0.1, 0.15) is 17.1 Å². The van der Waals surface area contributed by atoms with Crippen molar-refractivity contribution in [3.8, 4) is 0 Å². The number of hydrogen-bond donors (Lipinski definition) is 3. The summed E-state index contributed by atoms with van der Waals surface area (Å²) < 4.78 is 0. The number of amides is 2. The molecule has 0 bridgehead atoms. The topological polar surface area (TPSA) is 111 Å². The molecule has 0 saturated heterocycles. The number of carbonyl (C=O) groups excluding carboxylic acids is 2. The second-order valence-corrected chi connectivity index (χ2v) is 4.64. The fraction of sp³-hybridized carbons (Fsp3) is 0.500. The van der Waals surface area contributed by atoms with Crippen molar-refractivity contribution in [1.29, 1.82) is 0 Å². The molecule has 0 aliphatic rings. The summed E-state index contributed by atoms with van der Waals surface area (Å²) in [6.07, 6.45) is 0.524. The van der Waals surface area contributed by atoms with Crippen molar-refractivity contribution in [2.24, 2.45) is 11.5 Å². The molecule has 0 aromatic carbocycles. The number of nitrogens with zero attached hydrogens (tertiary/aromatic N) is 1. The molecule has 1 atom stereocenters. The molecular weight excluding hydrogens is 240 g/mol. The standard InChI is InChI=1S/C10H16N4O2S/c1-6-5-17-9(14-6)2-3-13-10(16)7(11)4-8(12)15/h5,7H,2-4,11H2,1H3,(H2,12,15)(H,13,16). The lowest BCUT2D eigenvalue weighted by atomic mass is 10.2. The first-order valence-electron chi connectivity index (χ1n) is 5.21. The van der Waals surface area contributed by atoms with E-state index in [-0.39, 0.29) is 12.3 Å². The van der Waals surface area contributed by atoms with Gasteiger partial charge in [0.25, 0.3) is 0 Å². The Morgan fingerprint density at radius 3 is 2.82 bits per heavy atom. The van der Waals surface area contributed by atoms with Gasteiger partial charge in [-0.15, -0.1) is 11.3 Å². The molecule has 1 unspecified atom stereocenters. The van der Waals surface area contributed by atoms with Gasteiger partial charge in [0, 0.05) is 24.0 Å². The summed E-state index contributed by atoms with van der Waals surface area (Å²) in [5.41, 5.74) is 11.4. The Bertz CT molecular complexity index is 405. The highest BCUT2D eigenvalue weighted by Gasteiger charge is 2.15. The van der Waals surface area contributed by atoms with Gasteiger partial charge in [0.05, 0.1) is 17.5 Å². The minimum Gasteiger partial charge on any atom is -0.370 e. The van der Waals surface area contributed by atoms with Crippen LogP contribution >= 0.6 is 11.3 Å². The number of nitrogens with two attached hydrogens (primary N) is 2. The van der Waals surface area contributed by atoms with E-state index in [9.17, 15) is 9.59 Å². The smallest absolute Gasteiger partial charge is 0.237 e. The normalized spacial score (nSPS) is 12.1. The third-order valence-electron chi connectivity index (χ3n) is 2.06. The summed E-state index contributed by atoms with van der Waals surface area (Å²) in [5.74, 6) is -0.944. The Hall–Kier alpha value is -1.47. The number of thiazole rings is 1. The zero-order valence-corrected chi connectivity index (χ0v) is 10.4. The van der Waals surface area contributed by atoms with Crippen LogP contribution in [0.5, 0.6) is 0 Å². The highest BCUT2D eigenvalue weighted by molar-refractivity contribution is 7.09. The maximum absolute atomic E-state index is 11.4. The van der Waals surface area contributed by atoms with Gasteiger partial charge in [-0.3, -0.25) is 9.59 Å². The van der Waals surface area contributed by atoms with Gasteiger partial charge in [0.2, 0.25) is 11.8 Å². The number of rotatable bonds is 6. The van der Waals surface area contributed by atoms with Crippen molar-refractivity contribution in [1.82, 2.24) is 10.3 Å². The molecule has 0 aliphatic heterocycles. The number of hydrogen-bond acceptors (Lipinski definition) is 5. The van der Waals surface area contributed by atoms with Crippen LogP contribution in [-0.2, 0) is 16.0 Å². The van der Waals surface area contributed by atoms with Crippen LogP contribution in [0.4, 0.5) is 0 Å². The minimum absolute atomic E-state index is 0.137. The van der Waals surface area contributed by atoms with E-state index in [1.54, 1.807) is 11.3 Å². The Kier molecular flexibility index (Phi) is 5.05. The van der Waals surface area contributed by atoms with Crippen LogP contribution in [0.2, 0.25) is 0 Å². The number of aryl methyl sites for hydroxylation is 1. The van der Waals surface area contributed by atoms with Crippen LogP contribution in [0, 0.1) is 6.92 Å². The molecular formula is C10H16N4O2S. The summed E-state index contributed by atoms with van der Waals surface area (Å²) >= 11 is 1.55. The zero-order chi connectivity index (χ0) is 12.8. The van der Waals surface area contributed by atoms with Gasteiger partial charge in [-0.25, -0.2) is 4.98 Å². The van der Waals surface area contributed by atoms with Crippen molar-refractivity contribution in [3.05, 3.63) is 16.1 Å². The lowest BCUT2D eigenvalue weighted by molar-refractivity contribution is -0.126. The molecule has 1 heterocycles. The molecule has 17 heavy (non-hydrogen) atoms. The van der Waals surface area contributed by atoms with E-state index in [1.165, 1.54) is 0 Å². The summed E-state index contributed by atoms with van der Waals surface area (Å²) in [7, 11) is 0. The number of aromatic nitrogens is 1. The first-order valence-corrected chi connectivity index (χ1v) is 6.09. The molecule has 0 spiro atoms. The molecule has 1 aromatic rings. The third-order valence-corrected chi connectivity index (χ3v) is 3.09. The molecule has 1 rings (SSSR count). The monoisotopic (exact) mass is 256 g/mol. The van der Waals surface area contributed by atoms with Crippen molar-refractivity contribution in [3.63, 3.8) is 0 Å². The van der Waals surface area contributed by atoms with Crippen LogP contribution in [0.15, 0.2) is 5.38 Å². The highest BCUT2D eigenvalue weighted by atomic mass is 32.1. The molecule has 94 valence electrons. The van der Waals surface area contributed by atoms with Gasteiger partial charge >= 0.3 is 0 Å². The molecule has 7 heteroatoms. The number of carbonyl (C=O) groups is 2. The molecule has 0 radical (unpaired) electrons. The van der Waals surface area contributed by atoms with E-state index in [4.69, 9.17) is 11.5 Å². The summed E-state index contributed by atoms with van der Waals surface area (Å²) in [4.78, 5) is 26.2. The fourth-order valence-electron chi connectivity index (χ4n) is 1.25. The van der Waals surface area contributed by atoms with Crippen molar-refractivity contribution >= 4 is 23.2 Å². The first kappa shape index (κ1) is 13.6. The van der Waals surface area contributed by atoms with Gasteiger partial charge in [0.15, 0.2) is 0 Å². The number of primary amides is 1. The summed E-state index contributed by atoms with van der Waals surface area (Å²) in [5, 5.41) is 5.56. The zero-order valence-electron chi connectivity index (χ0n) is 9.60. The van der Waals surface area contributed by atoms with Crippen molar-refractivity contribution < 1.29 is 9.59 Å². The molecule has 0 saturated carbocycles. The molecule has 5 N–H and O–H groups in total. The van der Waals surface area contributed by atoms with Gasteiger partial charge < -0.3 is 16.8 Å². The fourth-order valence-corrected chi connectivity index (χ4v) is 2.03. The Morgan fingerprint density at radius 1 is 1.59 bits per heavy atom. The van der Waals surface area contributed by atoms with E-state index >= 15 is 0 Å². The van der Waals surface area contributed by atoms with Gasteiger partial charge in [-0.1, -0.05) is 0 Å². The molecule has 0 aliphatic carbocycles. The number of nitrogens with one attached hydrogen (secondary N) is 1. The van der Waals surface area contributed by atoms with E-state index in [0.29, 0.717) is 13.0 Å². The molecule has 1 aromatic heterocycles. The molecule has 6 nitrogen and oxygen atoms in total. The van der Waals surface area contributed by atoms with Crippen molar-refractivity contribution in [2.45, 2.75) is 25.8 Å². The Balaban J connectivity index is 2.26. The first-order chi connectivity index (χ1) is 7.99. The summed E-state index contributed by atoms with van der Waals surface area (Å²) in [6.45, 7) is 2.37. The van der Waals surface area contributed by atoms with Crippen LogP contribution in [0.25, 0.3) is 0 Å². The SMILES string of the molecule is Cc1csc(CCNC(=O)C(N)CC(N)=O)n1. The largest absolute Gasteiger partial charge is 0.370 e. The van der Waals surface area contributed by atoms with Crippen LogP contribution < -0.4 is 16.8 Å². The van der Waals surface area contributed by atoms with E-state index in [0.717, 1.165) is 10.7 Å². The third kappa shape index (κ3) is 4.92. The summed E-state index contributed by atoms with van der Waals surface area (Å²) in [6, 6.07) is -0.870. The lowest BCUT2D eigenvalue weighted by Crippen LogP contribution is -2.43. The highest BCUT2D eigenvalue weighted by Crippen LogP contribution is 2.08. The minimum atomic E-state index is -0.870. The van der Waals surface area contributed by atoms with E-state index in [2.05, 4.69) is 10.3 Å². The molecule has 2 amide bonds. The second kappa shape index (κ2) is 6.31. The lowest BCUT2D eigenvalue weighted by Gasteiger charge is -2.09.